The van der Waals surface area contributed by atoms with Gasteiger partial charge < -0.3 is 10.6 Å². The number of nitrogens with zero attached hydrogens (tertiary/aromatic N) is 2. The number of nitrogens with one attached hydrogen (secondary N) is 2. The number of rotatable bonds is 4. The Labute approximate surface area is 126 Å². The standard InChI is InChI=1S/C17H22N4/c1-13(2)21-17(18-3)20-12-14-7-6-8-15(11-14)16-9-4-5-10-19-16/h4-11,13H,12H2,1-3H3,(H2,18,20,21). The monoisotopic (exact) mass is 282 g/mol. The lowest BCUT2D eigenvalue weighted by Crippen LogP contribution is -2.40. The summed E-state index contributed by atoms with van der Waals surface area (Å²) in [5.41, 5.74) is 3.32. The first-order valence-electron chi connectivity index (χ1n) is 7.16. The Balaban J connectivity index is 2.05. The normalized spacial score (nSPS) is 11.5. The van der Waals surface area contributed by atoms with E-state index in [2.05, 4.69) is 58.7 Å². The highest BCUT2D eigenvalue weighted by Gasteiger charge is 2.02. The van der Waals surface area contributed by atoms with Crippen LogP contribution in [0.5, 0.6) is 0 Å². The number of benzene rings is 1. The van der Waals surface area contributed by atoms with Crippen LogP contribution in [-0.4, -0.2) is 24.0 Å². The maximum absolute atomic E-state index is 4.38. The van der Waals surface area contributed by atoms with Crippen LogP contribution in [0.15, 0.2) is 53.7 Å². The highest BCUT2D eigenvalue weighted by Crippen LogP contribution is 2.17. The van der Waals surface area contributed by atoms with Crippen molar-refractivity contribution >= 4 is 5.96 Å². The van der Waals surface area contributed by atoms with Gasteiger partial charge in [0.2, 0.25) is 0 Å². The summed E-state index contributed by atoms with van der Waals surface area (Å²) in [6, 6.07) is 14.7. The van der Waals surface area contributed by atoms with E-state index in [0.29, 0.717) is 6.04 Å². The first-order valence-corrected chi connectivity index (χ1v) is 7.16. The van der Waals surface area contributed by atoms with Gasteiger partial charge >= 0.3 is 0 Å². The second kappa shape index (κ2) is 7.43. The molecule has 4 heteroatoms. The quantitative estimate of drug-likeness (QED) is 0.669. The molecule has 0 aliphatic heterocycles. The molecule has 0 atom stereocenters. The van der Waals surface area contributed by atoms with Crippen LogP contribution in [0.2, 0.25) is 0 Å². The van der Waals surface area contributed by atoms with Crippen LogP contribution in [-0.2, 0) is 6.54 Å². The van der Waals surface area contributed by atoms with E-state index >= 15 is 0 Å². The molecule has 2 rings (SSSR count). The first-order chi connectivity index (χ1) is 10.2. The summed E-state index contributed by atoms with van der Waals surface area (Å²) in [5, 5.41) is 6.59. The number of aromatic nitrogens is 1. The maximum Gasteiger partial charge on any atom is 0.191 e. The minimum absolute atomic E-state index is 0.357. The molecule has 0 bridgehead atoms. The fraction of sp³-hybridized carbons (Fsp3) is 0.294. The zero-order valence-electron chi connectivity index (χ0n) is 12.8. The van der Waals surface area contributed by atoms with Crippen molar-refractivity contribution in [2.75, 3.05) is 7.05 Å². The molecule has 2 aromatic rings. The lowest BCUT2D eigenvalue weighted by molar-refractivity contribution is 0.699. The number of guanidine groups is 1. The van der Waals surface area contributed by atoms with Crippen molar-refractivity contribution in [3.63, 3.8) is 0 Å². The van der Waals surface area contributed by atoms with E-state index in [-0.39, 0.29) is 0 Å². The number of aliphatic imine (C=N–C) groups is 1. The minimum atomic E-state index is 0.357. The summed E-state index contributed by atoms with van der Waals surface area (Å²) < 4.78 is 0. The summed E-state index contributed by atoms with van der Waals surface area (Å²) in [6.07, 6.45) is 1.81. The zero-order valence-corrected chi connectivity index (χ0v) is 12.8. The topological polar surface area (TPSA) is 49.3 Å². The van der Waals surface area contributed by atoms with Crippen LogP contribution in [0, 0.1) is 0 Å². The molecule has 0 spiro atoms. The number of hydrogen-bond donors (Lipinski definition) is 2. The van der Waals surface area contributed by atoms with Gasteiger partial charge in [-0.15, -0.1) is 0 Å². The highest BCUT2D eigenvalue weighted by atomic mass is 15.2. The van der Waals surface area contributed by atoms with Gasteiger partial charge in [0.05, 0.1) is 5.69 Å². The molecule has 0 saturated heterocycles. The molecule has 21 heavy (non-hydrogen) atoms. The molecule has 4 nitrogen and oxygen atoms in total. The molecule has 0 fully saturated rings. The molecule has 0 aliphatic rings. The molecule has 0 unspecified atom stereocenters. The van der Waals surface area contributed by atoms with E-state index in [9.17, 15) is 0 Å². The Morgan fingerprint density at radius 2 is 2.05 bits per heavy atom. The van der Waals surface area contributed by atoms with Gasteiger partial charge in [-0.2, -0.15) is 0 Å². The van der Waals surface area contributed by atoms with Crippen molar-refractivity contribution in [1.82, 2.24) is 15.6 Å². The van der Waals surface area contributed by atoms with E-state index in [4.69, 9.17) is 0 Å². The van der Waals surface area contributed by atoms with Gasteiger partial charge in [0, 0.05) is 31.4 Å². The smallest absolute Gasteiger partial charge is 0.191 e. The summed E-state index contributed by atoms with van der Waals surface area (Å²) in [4.78, 5) is 8.59. The molecular weight excluding hydrogens is 260 g/mol. The van der Waals surface area contributed by atoms with Gasteiger partial charge in [0.1, 0.15) is 0 Å². The van der Waals surface area contributed by atoms with Gasteiger partial charge in [-0.25, -0.2) is 0 Å². The predicted molar refractivity (Wildman–Crippen MR) is 88.1 cm³/mol. The Morgan fingerprint density at radius 1 is 1.19 bits per heavy atom. The molecule has 1 aromatic heterocycles. The second-order valence-electron chi connectivity index (χ2n) is 5.14. The van der Waals surface area contributed by atoms with E-state index in [1.54, 1.807) is 7.05 Å². The van der Waals surface area contributed by atoms with Crippen LogP contribution < -0.4 is 10.6 Å². The van der Waals surface area contributed by atoms with Crippen molar-refractivity contribution in [3.8, 4) is 11.3 Å². The van der Waals surface area contributed by atoms with Gasteiger partial charge in [-0.05, 0) is 37.6 Å². The average molecular weight is 282 g/mol. The summed E-state index contributed by atoms with van der Waals surface area (Å²) in [7, 11) is 1.78. The first kappa shape index (κ1) is 15.0. The fourth-order valence-corrected chi connectivity index (χ4v) is 2.03. The van der Waals surface area contributed by atoms with Crippen LogP contribution >= 0.6 is 0 Å². The molecule has 0 radical (unpaired) electrons. The predicted octanol–water partition coefficient (Wildman–Crippen LogP) is 2.82. The second-order valence-corrected chi connectivity index (χ2v) is 5.14. The summed E-state index contributed by atoms with van der Waals surface area (Å²) in [6.45, 7) is 4.91. The van der Waals surface area contributed by atoms with E-state index in [1.165, 1.54) is 5.56 Å². The van der Waals surface area contributed by atoms with E-state index < -0.39 is 0 Å². The molecule has 0 saturated carbocycles. The van der Waals surface area contributed by atoms with Crippen molar-refractivity contribution in [1.29, 1.82) is 0 Å². The van der Waals surface area contributed by atoms with Crippen LogP contribution in [0.25, 0.3) is 11.3 Å². The zero-order chi connectivity index (χ0) is 15.1. The van der Waals surface area contributed by atoms with Gasteiger partial charge in [0.15, 0.2) is 5.96 Å². The molecule has 2 N–H and O–H groups in total. The minimum Gasteiger partial charge on any atom is -0.354 e. The number of hydrogen-bond acceptors (Lipinski definition) is 2. The van der Waals surface area contributed by atoms with Crippen molar-refractivity contribution in [2.24, 2.45) is 4.99 Å². The molecule has 0 aliphatic carbocycles. The maximum atomic E-state index is 4.38. The molecular formula is C17H22N4. The summed E-state index contributed by atoms with van der Waals surface area (Å²) in [5.74, 6) is 0.813. The lowest BCUT2D eigenvalue weighted by Gasteiger charge is -2.14. The third-order valence-corrected chi connectivity index (χ3v) is 3.00. The van der Waals surface area contributed by atoms with Crippen molar-refractivity contribution in [2.45, 2.75) is 26.4 Å². The molecule has 1 heterocycles. The van der Waals surface area contributed by atoms with Crippen LogP contribution in [0.3, 0.4) is 0 Å². The van der Waals surface area contributed by atoms with Crippen molar-refractivity contribution in [3.05, 3.63) is 54.2 Å². The Kier molecular flexibility index (Phi) is 5.32. The third-order valence-electron chi connectivity index (χ3n) is 3.00. The number of pyridine rings is 1. The van der Waals surface area contributed by atoms with E-state index in [0.717, 1.165) is 23.8 Å². The van der Waals surface area contributed by atoms with Crippen molar-refractivity contribution < 1.29 is 0 Å². The fourth-order valence-electron chi connectivity index (χ4n) is 2.03. The lowest BCUT2D eigenvalue weighted by atomic mass is 10.1. The van der Waals surface area contributed by atoms with Crippen LogP contribution in [0.1, 0.15) is 19.4 Å². The highest BCUT2D eigenvalue weighted by molar-refractivity contribution is 5.79. The Hall–Kier alpha value is -2.36. The summed E-state index contributed by atoms with van der Waals surface area (Å²) >= 11 is 0. The SMILES string of the molecule is CN=C(NCc1cccc(-c2ccccn2)c1)NC(C)C. The Bertz CT molecular complexity index is 591. The molecule has 1 aromatic carbocycles. The largest absolute Gasteiger partial charge is 0.354 e. The van der Waals surface area contributed by atoms with Gasteiger partial charge in [-0.3, -0.25) is 9.98 Å². The average Bonchev–Trinajstić information content (AvgIpc) is 2.52. The van der Waals surface area contributed by atoms with E-state index in [1.807, 2.05) is 24.4 Å². The van der Waals surface area contributed by atoms with Gasteiger partial charge in [-0.1, -0.05) is 24.3 Å². The molecule has 0 amide bonds. The Morgan fingerprint density at radius 3 is 2.71 bits per heavy atom. The molecule has 110 valence electrons. The van der Waals surface area contributed by atoms with Gasteiger partial charge in [0.25, 0.3) is 0 Å². The van der Waals surface area contributed by atoms with Crippen LogP contribution in [0.4, 0.5) is 0 Å². The third kappa shape index (κ3) is 4.60.